The van der Waals surface area contributed by atoms with E-state index in [0.29, 0.717) is 12.3 Å². The fraction of sp³-hybridized carbons (Fsp3) is 0.789. The Kier molecular flexibility index (Phi) is 3.13. The average Bonchev–Trinajstić information content (AvgIpc) is 2.89. The van der Waals surface area contributed by atoms with Crippen molar-refractivity contribution in [3.05, 3.63) is 12.7 Å². The van der Waals surface area contributed by atoms with Crippen LogP contribution in [0.2, 0.25) is 0 Å². The number of Topliss-reactive ketones (excluding diaryl/α,β-unsaturated/α-hetero) is 1. The first kappa shape index (κ1) is 15.4. The average molecular weight is 318 g/mol. The Morgan fingerprint density at radius 1 is 1.30 bits per heavy atom. The molecule has 8 atom stereocenters. The number of fused-ring (bicyclic) bond motifs is 2. The van der Waals surface area contributed by atoms with Crippen molar-refractivity contribution < 1.29 is 19.4 Å². The summed E-state index contributed by atoms with van der Waals surface area (Å²) in [6.07, 6.45) is 5.11. The van der Waals surface area contributed by atoms with Crippen molar-refractivity contribution >= 4 is 11.8 Å². The molecule has 4 nitrogen and oxygen atoms in total. The molecule has 1 heterocycles. The van der Waals surface area contributed by atoms with Crippen LogP contribution in [0.15, 0.2) is 12.7 Å². The van der Waals surface area contributed by atoms with Crippen molar-refractivity contribution in [2.45, 2.75) is 58.2 Å². The van der Waals surface area contributed by atoms with Gasteiger partial charge in [-0.1, -0.05) is 19.9 Å². The lowest BCUT2D eigenvalue weighted by Gasteiger charge is -2.59. The van der Waals surface area contributed by atoms with Crippen LogP contribution >= 0.6 is 0 Å². The second kappa shape index (κ2) is 4.69. The highest BCUT2D eigenvalue weighted by atomic mass is 16.6. The first-order valence-corrected chi connectivity index (χ1v) is 8.86. The van der Waals surface area contributed by atoms with Crippen LogP contribution in [-0.2, 0) is 14.3 Å². The summed E-state index contributed by atoms with van der Waals surface area (Å²) >= 11 is 0. The summed E-state index contributed by atoms with van der Waals surface area (Å²) in [4.78, 5) is 24.5. The van der Waals surface area contributed by atoms with Crippen LogP contribution in [0.3, 0.4) is 0 Å². The summed E-state index contributed by atoms with van der Waals surface area (Å²) in [5.41, 5.74) is -0.0420. The molecule has 4 heteroatoms. The zero-order chi connectivity index (χ0) is 16.6. The van der Waals surface area contributed by atoms with Gasteiger partial charge in [-0.2, -0.15) is 0 Å². The van der Waals surface area contributed by atoms with Crippen molar-refractivity contribution in [2.24, 2.45) is 34.5 Å². The number of ketones is 1. The summed E-state index contributed by atoms with van der Waals surface area (Å²) in [7, 11) is 0. The molecule has 0 bridgehead atoms. The number of ether oxygens (including phenoxy) is 1. The van der Waals surface area contributed by atoms with Crippen LogP contribution in [0.25, 0.3) is 0 Å². The Bertz CT molecular complexity index is 584. The molecule has 1 N–H and O–H groups in total. The summed E-state index contributed by atoms with van der Waals surface area (Å²) in [6.45, 7) is 8.40. The zero-order valence-electron chi connectivity index (χ0n) is 14.0. The standard InChI is InChI=1S/C19H26O4/c1-4-18(2)7-5-11-10(9-18)15(21)16-14-13(17(22)23-16)12(20)6-8-19(11,14)3/h4,10-11,13-16,21H,1,5-9H2,2-3H3/t10-,11-,13+,14-,15-,16+,18-,19-/m1/s1. The third kappa shape index (κ3) is 1.87. The van der Waals surface area contributed by atoms with Gasteiger partial charge >= 0.3 is 5.97 Å². The minimum absolute atomic E-state index is 0.0114. The maximum Gasteiger partial charge on any atom is 0.317 e. The van der Waals surface area contributed by atoms with E-state index >= 15 is 0 Å². The topological polar surface area (TPSA) is 63.6 Å². The number of hydrogen-bond donors (Lipinski definition) is 1. The molecule has 0 amide bonds. The lowest BCUT2D eigenvalue weighted by atomic mass is 9.45. The molecular formula is C19H26O4. The van der Waals surface area contributed by atoms with Gasteiger partial charge in [0.1, 0.15) is 17.8 Å². The van der Waals surface area contributed by atoms with E-state index < -0.39 is 24.1 Å². The number of aliphatic hydroxyl groups is 1. The molecule has 3 aliphatic carbocycles. The van der Waals surface area contributed by atoms with Gasteiger partial charge < -0.3 is 9.84 Å². The lowest BCUT2D eigenvalue weighted by Crippen LogP contribution is -2.61. The van der Waals surface area contributed by atoms with E-state index in [1.807, 2.05) is 6.08 Å². The molecule has 0 aromatic carbocycles. The summed E-state index contributed by atoms with van der Waals surface area (Å²) < 4.78 is 5.54. The number of aliphatic hydroxyl groups excluding tert-OH is 1. The highest BCUT2D eigenvalue weighted by Gasteiger charge is 2.68. The summed E-state index contributed by atoms with van der Waals surface area (Å²) in [6, 6.07) is 0. The van der Waals surface area contributed by atoms with E-state index in [4.69, 9.17) is 4.74 Å². The van der Waals surface area contributed by atoms with Crippen molar-refractivity contribution in [2.75, 3.05) is 0 Å². The van der Waals surface area contributed by atoms with E-state index in [1.54, 1.807) is 0 Å². The van der Waals surface area contributed by atoms with E-state index in [-0.39, 0.29) is 28.4 Å². The molecular weight excluding hydrogens is 292 g/mol. The largest absolute Gasteiger partial charge is 0.459 e. The van der Waals surface area contributed by atoms with Gasteiger partial charge in [0.25, 0.3) is 0 Å². The second-order valence-electron chi connectivity index (χ2n) is 8.74. The van der Waals surface area contributed by atoms with Crippen molar-refractivity contribution in [3.8, 4) is 0 Å². The molecule has 126 valence electrons. The molecule has 0 radical (unpaired) electrons. The van der Waals surface area contributed by atoms with Crippen LogP contribution < -0.4 is 0 Å². The number of rotatable bonds is 1. The molecule has 0 unspecified atom stereocenters. The third-order valence-corrected chi connectivity index (χ3v) is 7.60. The van der Waals surface area contributed by atoms with Gasteiger partial charge in [0.15, 0.2) is 0 Å². The molecule has 0 aromatic heterocycles. The van der Waals surface area contributed by atoms with Crippen LogP contribution in [0.1, 0.15) is 46.0 Å². The Morgan fingerprint density at radius 3 is 2.74 bits per heavy atom. The Morgan fingerprint density at radius 2 is 2.04 bits per heavy atom. The molecule has 4 fully saturated rings. The smallest absolute Gasteiger partial charge is 0.317 e. The number of hydrogen-bond acceptors (Lipinski definition) is 4. The Labute approximate surface area is 137 Å². The van der Waals surface area contributed by atoms with E-state index in [9.17, 15) is 14.7 Å². The first-order chi connectivity index (χ1) is 10.8. The number of allylic oxidation sites excluding steroid dienone is 1. The predicted octanol–water partition coefficient (Wildman–Crippen LogP) is 2.50. The normalized spacial score (nSPS) is 54.9. The maximum absolute atomic E-state index is 12.3. The first-order valence-electron chi connectivity index (χ1n) is 8.86. The van der Waals surface area contributed by atoms with Crippen LogP contribution in [-0.4, -0.2) is 29.1 Å². The molecule has 0 spiro atoms. The van der Waals surface area contributed by atoms with Gasteiger partial charge in [-0.05, 0) is 48.3 Å². The highest BCUT2D eigenvalue weighted by Crippen LogP contribution is 2.64. The molecule has 23 heavy (non-hydrogen) atoms. The SMILES string of the molecule is C=C[C@]1(C)CC[C@@H]2[C@@H](C1)[C@@H](O)[C@H]1OC(=O)[C@H]3C(=O)CC[C@@]2(C)[C@H]31. The second-order valence-corrected chi connectivity index (χ2v) is 8.74. The van der Waals surface area contributed by atoms with Gasteiger partial charge in [0.2, 0.25) is 0 Å². The van der Waals surface area contributed by atoms with Crippen LogP contribution in [0.4, 0.5) is 0 Å². The lowest BCUT2D eigenvalue weighted by molar-refractivity contribution is -0.183. The van der Waals surface area contributed by atoms with Crippen LogP contribution in [0.5, 0.6) is 0 Å². The van der Waals surface area contributed by atoms with E-state index in [2.05, 4.69) is 20.4 Å². The summed E-state index contributed by atoms with van der Waals surface area (Å²) in [5.74, 6) is -0.685. The summed E-state index contributed by atoms with van der Waals surface area (Å²) in [5, 5.41) is 11.0. The minimum Gasteiger partial charge on any atom is -0.459 e. The molecule has 0 aromatic rings. The zero-order valence-corrected chi connectivity index (χ0v) is 14.0. The van der Waals surface area contributed by atoms with Gasteiger partial charge in [-0.25, -0.2) is 0 Å². The molecule has 4 aliphatic rings. The molecule has 1 aliphatic heterocycles. The highest BCUT2D eigenvalue weighted by molar-refractivity contribution is 6.01. The molecule has 1 saturated heterocycles. The van der Waals surface area contributed by atoms with Crippen molar-refractivity contribution in [1.29, 1.82) is 0 Å². The Balaban J connectivity index is 1.76. The van der Waals surface area contributed by atoms with Gasteiger partial charge in [-0.15, -0.1) is 6.58 Å². The van der Waals surface area contributed by atoms with Crippen molar-refractivity contribution in [1.82, 2.24) is 0 Å². The predicted molar refractivity (Wildman–Crippen MR) is 84.3 cm³/mol. The van der Waals surface area contributed by atoms with E-state index in [1.165, 1.54) is 0 Å². The van der Waals surface area contributed by atoms with Crippen molar-refractivity contribution in [3.63, 3.8) is 0 Å². The van der Waals surface area contributed by atoms with Crippen LogP contribution in [0, 0.1) is 34.5 Å². The fourth-order valence-corrected chi connectivity index (χ4v) is 6.22. The maximum atomic E-state index is 12.3. The number of esters is 1. The molecule has 3 saturated carbocycles. The fourth-order valence-electron chi connectivity index (χ4n) is 6.22. The quantitative estimate of drug-likeness (QED) is 0.458. The number of carbonyl (C=O) groups excluding carboxylic acids is 2. The van der Waals surface area contributed by atoms with Gasteiger partial charge in [0.05, 0.1) is 6.10 Å². The molecule has 4 rings (SSSR count). The third-order valence-electron chi connectivity index (χ3n) is 7.60. The van der Waals surface area contributed by atoms with Gasteiger partial charge in [-0.3, -0.25) is 9.59 Å². The van der Waals surface area contributed by atoms with E-state index in [0.717, 1.165) is 25.7 Å². The monoisotopic (exact) mass is 318 g/mol. The minimum atomic E-state index is -0.655. The van der Waals surface area contributed by atoms with Gasteiger partial charge in [0, 0.05) is 12.3 Å². The Hall–Kier alpha value is -1.16. The number of carbonyl (C=O) groups is 2.